The van der Waals surface area contributed by atoms with Crippen molar-refractivity contribution in [3.05, 3.63) is 39.3 Å². The topological polar surface area (TPSA) is 12.9 Å². The molecule has 0 aliphatic heterocycles. The van der Waals surface area contributed by atoms with Crippen LogP contribution in [0.5, 0.6) is 0 Å². The number of pyridine rings is 1. The van der Waals surface area contributed by atoms with E-state index in [4.69, 9.17) is 23.2 Å². The van der Waals surface area contributed by atoms with Crippen molar-refractivity contribution < 1.29 is 4.39 Å². The first kappa shape index (κ1) is 10.3. The monoisotopic (exact) mass is 255 g/mol. The van der Waals surface area contributed by atoms with Crippen molar-refractivity contribution in [2.24, 2.45) is 0 Å². The fourth-order valence-electron chi connectivity index (χ4n) is 2.23. The highest BCUT2D eigenvalue weighted by Crippen LogP contribution is 2.36. The Kier molecular flexibility index (Phi) is 2.30. The molecule has 1 heterocycles. The molecule has 0 saturated heterocycles. The molecule has 82 valence electrons. The molecule has 1 aliphatic rings. The number of fused-ring (bicyclic) bond motifs is 2. The molecule has 2 aromatic rings. The van der Waals surface area contributed by atoms with Crippen molar-refractivity contribution in [2.75, 3.05) is 0 Å². The van der Waals surface area contributed by atoms with Gasteiger partial charge in [0.2, 0.25) is 0 Å². The van der Waals surface area contributed by atoms with Crippen LogP contribution in [0.15, 0.2) is 12.1 Å². The van der Waals surface area contributed by atoms with E-state index in [1.165, 1.54) is 12.1 Å². The molecule has 0 spiro atoms. The van der Waals surface area contributed by atoms with Gasteiger partial charge in [-0.05, 0) is 37.0 Å². The third kappa shape index (κ3) is 1.40. The molecule has 0 bridgehead atoms. The molecule has 1 aliphatic carbocycles. The quantitative estimate of drug-likeness (QED) is 0.689. The SMILES string of the molecule is Fc1cc(Cl)c2nc3c(c(Cl)c2c1)CCC3. The Bertz CT molecular complexity index is 595. The Balaban J connectivity index is 2.46. The number of benzene rings is 1. The predicted molar refractivity (Wildman–Crippen MR) is 63.7 cm³/mol. The highest BCUT2D eigenvalue weighted by Gasteiger charge is 2.19. The first-order valence-corrected chi connectivity index (χ1v) is 5.88. The van der Waals surface area contributed by atoms with Gasteiger partial charge in [-0.15, -0.1) is 0 Å². The van der Waals surface area contributed by atoms with Crippen molar-refractivity contribution in [1.82, 2.24) is 4.98 Å². The second kappa shape index (κ2) is 3.57. The van der Waals surface area contributed by atoms with E-state index in [0.717, 1.165) is 30.5 Å². The van der Waals surface area contributed by atoms with Crippen LogP contribution in [0.3, 0.4) is 0 Å². The Hall–Kier alpha value is -0.860. The van der Waals surface area contributed by atoms with Crippen LogP contribution < -0.4 is 0 Å². The third-order valence-electron chi connectivity index (χ3n) is 2.97. The number of rotatable bonds is 0. The molecule has 0 atom stereocenters. The van der Waals surface area contributed by atoms with Gasteiger partial charge in [0.1, 0.15) is 5.82 Å². The van der Waals surface area contributed by atoms with Crippen molar-refractivity contribution in [3.8, 4) is 0 Å². The number of nitrogens with zero attached hydrogens (tertiary/aromatic N) is 1. The molecular formula is C12H8Cl2FN. The minimum absolute atomic E-state index is 0.326. The smallest absolute Gasteiger partial charge is 0.125 e. The van der Waals surface area contributed by atoms with Crippen LogP contribution in [0.25, 0.3) is 10.9 Å². The Morgan fingerprint density at radius 1 is 1.19 bits per heavy atom. The maximum Gasteiger partial charge on any atom is 0.125 e. The van der Waals surface area contributed by atoms with Gasteiger partial charge in [0.25, 0.3) is 0 Å². The summed E-state index contributed by atoms with van der Waals surface area (Å²) in [5.74, 6) is -0.376. The summed E-state index contributed by atoms with van der Waals surface area (Å²) >= 11 is 12.2. The van der Waals surface area contributed by atoms with Crippen LogP contribution in [-0.4, -0.2) is 4.98 Å². The van der Waals surface area contributed by atoms with Gasteiger partial charge in [0, 0.05) is 11.1 Å². The lowest BCUT2D eigenvalue weighted by Gasteiger charge is -2.08. The summed E-state index contributed by atoms with van der Waals surface area (Å²) < 4.78 is 13.3. The Morgan fingerprint density at radius 3 is 2.81 bits per heavy atom. The summed E-state index contributed by atoms with van der Waals surface area (Å²) in [5, 5.41) is 1.55. The van der Waals surface area contributed by atoms with Crippen LogP contribution >= 0.6 is 23.2 Å². The minimum atomic E-state index is -0.376. The summed E-state index contributed by atoms with van der Waals surface area (Å²) in [6, 6.07) is 2.67. The molecule has 0 unspecified atom stereocenters. The fraction of sp³-hybridized carbons (Fsp3) is 0.250. The molecule has 0 amide bonds. The lowest BCUT2D eigenvalue weighted by molar-refractivity contribution is 0.629. The van der Waals surface area contributed by atoms with Gasteiger partial charge in [0.15, 0.2) is 0 Å². The maximum atomic E-state index is 13.3. The van der Waals surface area contributed by atoms with Gasteiger partial charge in [-0.25, -0.2) is 4.39 Å². The zero-order valence-electron chi connectivity index (χ0n) is 8.36. The lowest BCUT2D eigenvalue weighted by atomic mass is 10.1. The van der Waals surface area contributed by atoms with E-state index >= 15 is 0 Å². The number of aromatic nitrogens is 1. The van der Waals surface area contributed by atoms with Crippen LogP contribution in [-0.2, 0) is 12.8 Å². The van der Waals surface area contributed by atoms with Gasteiger partial charge in [-0.3, -0.25) is 4.98 Å². The summed E-state index contributed by atoms with van der Waals surface area (Å²) in [6.07, 6.45) is 2.91. The molecule has 1 nitrogen and oxygen atoms in total. The average molecular weight is 256 g/mol. The largest absolute Gasteiger partial charge is 0.251 e. The van der Waals surface area contributed by atoms with E-state index in [0.29, 0.717) is 20.9 Å². The summed E-state index contributed by atoms with van der Waals surface area (Å²) in [6.45, 7) is 0. The van der Waals surface area contributed by atoms with Crippen LogP contribution in [0.4, 0.5) is 4.39 Å². The van der Waals surface area contributed by atoms with Crippen molar-refractivity contribution >= 4 is 34.1 Å². The lowest BCUT2D eigenvalue weighted by Crippen LogP contribution is -1.93. The molecule has 0 N–H and O–H groups in total. The number of hydrogen-bond acceptors (Lipinski definition) is 1. The van der Waals surface area contributed by atoms with Crippen LogP contribution in [0.1, 0.15) is 17.7 Å². The highest BCUT2D eigenvalue weighted by molar-refractivity contribution is 6.39. The van der Waals surface area contributed by atoms with Gasteiger partial charge in [-0.2, -0.15) is 0 Å². The molecule has 0 radical (unpaired) electrons. The molecule has 0 fully saturated rings. The summed E-state index contributed by atoms with van der Waals surface area (Å²) in [5.41, 5.74) is 2.66. The summed E-state index contributed by atoms with van der Waals surface area (Å²) in [7, 11) is 0. The zero-order chi connectivity index (χ0) is 11.3. The van der Waals surface area contributed by atoms with Gasteiger partial charge in [0.05, 0.1) is 15.6 Å². The van der Waals surface area contributed by atoms with Crippen LogP contribution in [0, 0.1) is 5.82 Å². The molecule has 3 rings (SSSR count). The van der Waals surface area contributed by atoms with E-state index < -0.39 is 0 Å². The van der Waals surface area contributed by atoms with Gasteiger partial charge >= 0.3 is 0 Å². The van der Waals surface area contributed by atoms with E-state index in [1.807, 2.05) is 0 Å². The van der Waals surface area contributed by atoms with Gasteiger partial charge < -0.3 is 0 Å². The van der Waals surface area contributed by atoms with E-state index in [2.05, 4.69) is 4.98 Å². The maximum absolute atomic E-state index is 13.3. The van der Waals surface area contributed by atoms with E-state index in [9.17, 15) is 4.39 Å². The Labute approximate surface area is 102 Å². The van der Waals surface area contributed by atoms with E-state index in [1.54, 1.807) is 0 Å². The number of aryl methyl sites for hydroxylation is 1. The average Bonchev–Trinajstić information content (AvgIpc) is 2.68. The molecule has 1 aromatic carbocycles. The van der Waals surface area contributed by atoms with Crippen molar-refractivity contribution in [3.63, 3.8) is 0 Å². The van der Waals surface area contributed by atoms with Crippen LogP contribution in [0.2, 0.25) is 10.0 Å². The van der Waals surface area contributed by atoms with Crippen molar-refractivity contribution in [2.45, 2.75) is 19.3 Å². The molecular weight excluding hydrogens is 248 g/mol. The predicted octanol–water partition coefficient (Wildman–Crippen LogP) is 4.17. The molecule has 1 aromatic heterocycles. The third-order valence-corrected chi connectivity index (χ3v) is 3.68. The van der Waals surface area contributed by atoms with Gasteiger partial charge in [-0.1, -0.05) is 23.2 Å². The Morgan fingerprint density at radius 2 is 2.00 bits per heavy atom. The fourth-order valence-corrected chi connectivity index (χ4v) is 2.83. The molecule has 0 saturated carbocycles. The van der Waals surface area contributed by atoms with E-state index in [-0.39, 0.29) is 5.82 Å². The standard InChI is InChI=1S/C12H8Cl2FN/c13-9-5-6(15)4-8-11(14)7-2-1-3-10(7)16-12(8)9/h4-5H,1-3H2. The highest BCUT2D eigenvalue weighted by atomic mass is 35.5. The second-order valence-electron chi connectivity index (χ2n) is 3.99. The normalized spacial score (nSPS) is 14.4. The molecule has 16 heavy (non-hydrogen) atoms. The minimum Gasteiger partial charge on any atom is -0.251 e. The number of halogens is 3. The summed E-state index contributed by atoms with van der Waals surface area (Å²) in [4.78, 5) is 4.47. The molecule has 4 heteroatoms. The van der Waals surface area contributed by atoms with Crippen molar-refractivity contribution in [1.29, 1.82) is 0 Å². The number of hydrogen-bond donors (Lipinski definition) is 0. The first-order chi connectivity index (χ1) is 7.66. The second-order valence-corrected chi connectivity index (χ2v) is 4.77. The first-order valence-electron chi connectivity index (χ1n) is 5.13. The zero-order valence-corrected chi connectivity index (χ0v) is 9.87.